The molecule has 1 atom stereocenters. The van der Waals surface area contributed by atoms with Crippen molar-refractivity contribution in [3.05, 3.63) is 16.4 Å². The van der Waals surface area contributed by atoms with E-state index in [9.17, 15) is 10.1 Å². The van der Waals surface area contributed by atoms with Crippen LogP contribution in [0.15, 0.2) is 6.33 Å². The molecule has 7 heteroatoms. The molecule has 2 N–H and O–H groups in total. The van der Waals surface area contributed by atoms with Gasteiger partial charge in [0.1, 0.15) is 0 Å². The summed E-state index contributed by atoms with van der Waals surface area (Å²) in [6, 6.07) is 0. The highest BCUT2D eigenvalue weighted by atomic mass is 16.6. The van der Waals surface area contributed by atoms with Gasteiger partial charge in [-0.15, -0.1) is 0 Å². The van der Waals surface area contributed by atoms with Crippen molar-refractivity contribution in [3.63, 3.8) is 0 Å². The first-order chi connectivity index (χ1) is 7.56. The summed E-state index contributed by atoms with van der Waals surface area (Å²) in [6.45, 7) is 2.66. The second-order valence-corrected chi connectivity index (χ2v) is 3.78. The maximum absolute atomic E-state index is 10.7. The van der Waals surface area contributed by atoms with Crippen LogP contribution in [0.3, 0.4) is 0 Å². The largest absolute Gasteiger partial charge is 0.406 e. The molecule has 0 aromatic carbocycles. The van der Waals surface area contributed by atoms with Crippen LogP contribution < -0.4 is 5.32 Å². The van der Waals surface area contributed by atoms with Gasteiger partial charge in [-0.3, -0.25) is 4.57 Å². The smallest absolute Gasteiger partial charge is 0.396 e. The van der Waals surface area contributed by atoms with Crippen molar-refractivity contribution >= 4 is 11.6 Å². The molecule has 0 amide bonds. The van der Waals surface area contributed by atoms with Crippen LogP contribution >= 0.6 is 0 Å². The molecule has 0 radical (unpaired) electrons. The third-order valence-corrected chi connectivity index (χ3v) is 2.33. The van der Waals surface area contributed by atoms with Crippen molar-refractivity contribution in [3.8, 4) is 0 Å². The quantitative estimate of drug-likeness (QED) is 0.553. The summed E-state index contributed by atoms with van der Waals surface area (Å²) in [4.78, 5) is 13.8. The lowest BCUT2D eigenvalue weighted by molar-refractivity contribution is -0.388. The van der Waals surface area contributed by atoms with E-state index in [1.807, 2.05) is 6.92 Å². The van der Waals surface area contributed by atoms with Crippen LogP contribution in [0, 0.1) is 16.0 Å². The van der Waals surface area contributed by atoms with E-state index in [-0.39, 0.29) is 18.3 Å². The Balaban J connectivity index is 2.65. The van der Waals surface area contributed by atoms with Gasteiger partial charge in [-0.25, -0.2) is 0 Å². The zero-order valence-corrected chi connectivity index (χ0v) is 9.38. The Hall–Kier alpha value is -1.63. The first-order valence-electron chi connectivity index (χ1n) is 5.06. The molecular formula is C9H16N4O3. The van der Waals surface area contributed by atoms with Gasteiger partial charge in [0.15, 0.2) is 0 Å². The maximum Gasteiger partial charge on any atom is 0.406 e. The Bertz CT molecular complexity index is 364. The van der Waals surface area contributed by atoms with E-state index in [1.165, 1.54) is 6.33 Å². The molecule has 0 saturated carbocycles. The van der Waals surface area contributed by atoms with E-state index in [2.05, 4.69) is 10.3 Å². The van der Waals surface area contributed by atoms with Gasteiger partial charge in [0.2, 0.25) is 12.1 Å². The van der Waals surface area contributed by atoms with Gasteiger partial charge in [-0.2, -0.15) is 0 Å². The van der Waals surface area contributed by atoms with Gasteiger partial charge in [0, 0.05) is 20.2 Å². The highest BCUT2D eigenvalue weighted by Crippen LogP contribution is 2.21. The zero-order chi connectivity index (χ0) is 12.1. The van der Waals surface area contributed by atoms with Crippen LogP contribution in [0.25, 0.3) is 0 Å². The Kier molecular flexibility index (Phi) is 4.24. The zero-order valence-electron chi connectivity index (χ0n) is 9.38. The number of nitrogens with one attached hydrogen (secondary N) is 1. The normalized spacial score (nSPS) is 12.4. The Morgan fingerprint density at radius 3 is 3.00 bits per heavy atom. The molecule has 1 rings (SSSR count). The molecule has 16 heavy (non-hydrogen) atoms. The van der Waals surface area contributed by atoms with Crippen LogP contribution in [0.5, 0.6) is 0 Å². The summed E-state index contributed by atoms with van der Waals surface area (Å²) >= 11 is 0. The molecule has 1 unspecified atom stereocenters. The number of aliphatic hydroxyl groups is 1. The molecule has 0 saturated heterocycles. The molecule has 0 aliphatic rings. The van der Waals surface area contributed by atoms with Crippen molar-refractivity contribution in [2.45, 2.75) is 13.3 Å². The van der Waals surface area contributed by atoms with Crippen LogP contribution in [0.4, 0.5) is 11.6 Å². The van der Waals surface area contributed by atoms with E-state index >= 15 is 0 Å². The van der Waals surface area contributed by atoms with Gasteiger partial charge in [0.05, 0.1) is 0 Å². The molecule has 0 spiro atoms. The van der Waals surface area contributed by atoms with Gasteiger partial charge in [0.25, 0.3) is 0 Å². The van der Waals surface area contributed by atoms with Crippen LogP contribution in [-0.4, -0.2) is 32.7 Å². The highest BCUT2D eigenvalue weighted by Gasteiger charge is 2.19. The van der Waals surface area contributed by atoms with Crippen LogP contribution in [0.1, 0.15) is 13.3 Å². The summed E-state index contributed by atoms with van der Waals surface area (Å²) in [5.74, 6) is 0.480. The van der Waals surface area contributed by atoms with Gasteiger partial charge in [-0.05, 0) is 22.2 Å². The summed E-state index contributed by atoms with van der Waals surface area (Å²) < 4.78 is 1.57. The number of aryl methyl sites for hydroxylation is 1. The van der Waals surface area contributed by atoms with E-state index < -0.39 is 4.92 Å². The predicted octanol–water partition coefficient (Wildman–Crippen LogP) is 0.759. The second kappa shape index (κ2) is 5.45. The molecular weight excluding hydrogens is 212 g/mol. The van der Waals surface area contributed by atoms with Gasteiger partial charge in [-0.1, -0.05) is 6.92 Å². The summed E-state index contributed by atoms with van der Waals surface area (Å²) in [7, 11) is 1.69. The van der Waals surface area contributed by atoms with Crippen molar-refractivity contribution < 1.29 is 10.0 Å². The number of hydrogen-bond acceptors (Lipinski definition) is 5. The fourth-order valence-electron chi connectivity index (χ4n) is 1.35. The lowest BCUT2D eigenvalue weighted by atomic mass is 10.1. The molecule has 1 aromatic heterocycles. The fourth-order valence-corrected chi connectivity index (χ4v) is 1.35. The topological polar surface area (TPSA) is 93.2 Å². The maximum atomic E-state index is 10.7. The third-order valence-electron chi connectivity index (χ3n) is 2.33. The van der Waals surface area contributed by atoms with E-state index in [0.717, 1.165) is 0 Å². The number of hydrogen-bond donors (Lipinski definition) is 2. The first-order valence-corrected chi connectivity index (χ1v) is 5.06. The minimum atomic E-state index is -0.515. The average molecular weight is 228 g/mol. The van der Waals surface area contributed by atoms with Crippen LogP contribution in [-0.2, 0) is 7.05 Å². The SMILES string of the molecule is CC(CCO)CNc1c([N+](=O)[O-])ncn1C. The molecule has 1 heterocycles. The fraction of sp³-hybridized carbons (Fsp3) is 0.667. The average Bonchev–Trinajstić information content (AvgIpc) is 2.57. The lowest BCUT2D eigenvalue weighted by Gasteiger charge is -2.11. The lowest BCUT2D eigenvalue weighted by Crippen LogP contribution is -2.15. The number of aromatic nitrogens is 2. The second-order valence-electron chi connectivity index (χ2n) is 3.78. The Labute approximate surface area is 93.3 Å². The molecule has 1 aromatic rings. The molecule has 0 fully saturated rings. The van der Waals surface area contributed by atoms with E-state index in [4.69, 9.17) is 5.11 Å². The number of aliphatic hydroxyl groups excluding tert-OH is 1. The van der Waals surface area contributed by atoms with Crippen molar-refractivity contribution in [1.29, 1.82) is 0 Å². The number of nitro groups is 1. The minimum absolute atomic E-state index is 0.121. The van der Waals surface area contributed by atoms with E-state index in [1.54, 1.807) is 11.6 Å². The summed E-state index contributed by atoms with van der Waals surface area (Å²) in [6.07, 6.45) is 2.07. The highest BCUT2D eigenvalue weighted by molar-refractivity contribution is 5.51. The standard InChI is InChI=1S/C9H16N4O3/c1-7(3-4-14)5-10-8-9(13(15)16)11-6-12(8)2/h6-7,10,14H,3-5H2,1-2H3. The monoisotopic (exact) mass is 228 g/mol. The Morgan fingerprint density at radius 1 is 1.75 bits per heavy atom. The van der Waals surface area contributed by atoms with Crippen molar-refractivity contribution in [2.75, 3.05) is 18.5 Å². The summed E-state index contributed by atoms with van der Waals surface area (Å²) in [5.41, 5.74) is 0. The number of rotatable bonds is 6. The molecule has 0 aliphatic heterocycles. The van der Waals surface area contributed by atoms with E-state index in [0.29, 0.717) is 18.8 Å². The Morgan fingerprint density at radius 2 is 2.44 bits per heavy atom. The third kappa shape index (κ3) is 2.93. The molecule has 7 nitrogen and oxygen atoms in total. The molecule has 0 aliphatic carbocycles. The summed E-state index contributed by atoms with van der Waals surface area (Å²) in [5, 5.41) is 22.4. The first kappa shape index (κ1) is 12.4. The number of imidazole rings is 1. The molecule has 90 valence electrons. The van der Waals surface area contributed by atoms with Crippen molar-refractivity contribution in [2.24, 2.45) is 13.0 Å². The number of nitrogens with zero attached hydrogens (tertiary/aromatic N) is 3. The van der Waals surface area contributed by atoms with Crippen LogP contribution in [0.2, 0.25) is 0 Å². The predicted molar refractivity (Wildman–Crippen MR) is 59.2 cm³/mol. The minimum Gasteiger partial charge on any atom is -0.396 e. The van der Waals surface area contributed by atoms with Gasteiger partial charge < -0.3 is 20.5 Å². The molecule has 0 bridgehead atoms. The van der Waals surface area contributed by atoms with Crippen molar-refractivity contribution in [1.82, 2.24) is 9.55 Å². The number of anilines is 1. The van der Waals surface area contributed by atoms with Gasteiger partial charge >= 0.3 is 5.82 Å².